The molecule has 1 rings (SSSR count). The molecule has 1 atom stereocenters. The van der Waals surface area contributed by atoms with E-state index >= 15 is 0 Å². The SMILES string of the molecule is C[C@@H](C=O)NC(=O)Oc1cccc(Cl)c1. The van der Waals surface area contributed by atoms with Gasteiger partial charge in [0, 0.05) is 5.02 Å². The summed E-state index contributed by atoms with van der Waals surface area (Å²) in [6, 6.07) is 5.86. The lowest BCUT2D eigenvalue weighted by atomic mass is 10.3. The first-order valence-electron chi connectivity index (χ1n) is 4.31. The van der Waals surface area contributed by atoms with Gasteiger partial charge >= 0.3 is 6.09 Å². The minimum atomic E-state index is -0.683. The normalized spacial score (nSPS) is 11.6. The minimum Gasteiger partial charge on any atom is -0.410 e. The Morgan fingerprint density at radius 3 is 2.93 bits per heavy atom. The molecule has 0 spiro atoms. The monoisotopic (exact) mass is 227 g/mol. The van der Waals surface area contributed by atoms with Crippen LogP contribution in [-0.2, 0) is 4.79 Å². The number of aldehydes is 1. The molecule has 0 saturated heterocycles. The van der Waals surface area contributed by atoms with E-state index in [0.717, 1.165) is 0 Å². The largest absolute Gasteiger partial charge is 0.413 e. The molecule has 0 heterocycles. The van der Waals surface area contributed by atoms with E-state index in [1.54, 1.807) is 25.1 Å². The van der Waals surface area contributed by atoms with Crippen molar-refractivity contribution in [1.82, 2.24) is 5.32 Å². The summed E-state index contributed by atoms with van der Waals surface area (Å²) in [5.74, 6) is 0.332. The molecule has 0 aliphatic carbocycles. The van der Waals surface area contributed by atoms with Gasteiger partial charge in [-0.15, -0.1) is 0 Å². The molecule has 4 nitrogen and oxygen atoms in total. The van der Waals surface area contributed by atoms with Gasteiger partial charge in [-0.3, -0.25) is 0 Å². The fourth-order valence-electron chi connectivity index (χ4n) is 0.887. The Kier molecular flexibility index (Phi) is 4.12. The fraction of sp³-hybridized carbons (Fsp3) is 0.200. The Balaban J connectivity index is 2.55. The summed E-state index contributed by atoms with van der Waals surface area (Å²) in [7, 11) is 0. The molecule has 1 aromatic rings. The van der Waals surface area contributed by atoms with Gasteiger partial charge in [0.15, 0.2) is 0 Å². The number of hydrogen-bond donors (Lipinski definition) is 1. The van der Waals surface area contributed by atoms with Crippen LogP contribution in [0.25, 0.3) is 0 Å². The maximum atomic E-state index is 11.2. The number of carbonyl (C=O) groups excluding carboxylic acids is 2. The van der Waals surface area contributed by atoms with E-state index in [1.165, 1.54) is 6.07 Å². The summed E-state index contributed by atoms with van der Waals surface area (Å²) in [5, 5.41) is 2.80. The third-order valence-electron chi connectivity index (χ3n) is 1.56. The molecule has 80 valence electrons. The summed E-state index contributed by atoms with van der Waals surface area (Å²) in [5.41, 5.74) is 0. The highest BCUT2D eigenvalue weighted by atomic mass is 35.5. The number of nitrogens with one attached hydrogen (secondary N) is 1. The van der Waals surface area contributed by atoms with Gasteiger partial charge in [0.05, 0.1) is 6.04 Å². The summed E-state index contributed by atoms with van der Waals surface area (Å²) >= 11 is 5.69. The molecule has 5 heteroatoms. The maximum absolute atomic E-state index is 11.2. The molecule has 0 saturated carbocycles. The minimum absolute atomic E-state index is 0.332. The second kappa shape index (κ2) is 5.36. The van der Waals surface area contributed by atoms with Gasteiger partial charge in [-0.05, 0) is 25.1 Å². The van der Waals surface area contributed by atoms with Crippen LogP contribution in [0.2, 0.25) is 5.02 Å². The lowest BCUT2D eigenvalue weighted by Crippen LogP contribution is -2.35. The van der Waals surface area contributed by atoms with Gasteiger partial charge in [0.25, 0.3) is 0 Å². The van der Waals surface area contributed by atoms with Crippen molar-refractivity contribution >= 4 is 24.0 Å². The molecule has 0 aliphatic heterocycles. The van der Waals surface area contributed by atoms with Crippen molar-refractivity contribution in [2.24, 2.45) is 0 Å². The van der Waals surface area contributed by atoms with Crippen molar-refractivity contribution in [2.75, 3.05) is 0 Å². The molecule has 0 unspecified atom stereocenters. The van der Waals surface area contributed by atoms with E-state index in [4.69, 9.17) is 16.3 Å². The maximum Gasteiger partial charge on any atom is 0.413 e. The Morgan fingerprint density at radius 1 is 1.60 bits per heavy atom. The first-order valence-corrected chi connectivity index (χ1v) is 4.69. The molecule has 1 amide bonds. The lowest BCUT2D eigenvalue weighted by Gasteiger charge is -2.08. The molecule has 1 N–H and O–H groups in total. The van der Waals surface area contributed by atoms with Crippen LogP contribution in [0, 0.1) is 0 Å². The zero-order valence-electron chi connectivity index (χ0n) is 8.07. The molecular weight excluding hydrogens is 218 g/mol. The second-order valence-electron chi connectivity index (χ2n) is 2.92. The van der Waals surface area contributed by atoms with E-state index in [1.807, 2.05) is 0 Å². The van der Waals surface area contributed by atoms with Crippen molar-refractivity contribution in [1.29, 1.82) is 0 Å². The number of rotatable bonds is 3. The van der Waals surface area contributed by atoms with E-state index in [0.29, 0.717) is 17.1 Å². The number of carbonyl (C=O) groups is 2. The molecule has 0 fully saturated rings. The van der Waals surface area contributed by atoms with E-state index in [-0.39, 0.29) is 0 Å². The summed E-state index contributed by atoms with van der Waals surface area (Å²) in [4.78, 5) is 21.4. The first-order chi connectivity index (χ1) is 7.11. The topological polar surface area (TPSA) is 55.4 Å². The quantitative estimate of drug-likeness (QED) is 0.804. The van der Waals surface area contributed by atoms with Crippen molar-refractivity contribution < 1.29 is 14.3 Å². The van der Waals surface area contributed by atoms with Gasteiger partial charge in [-0.2, -0.15) is 0 Å². The van der Waals surface area contributed by atoms with Crippen LogP contribution in [0.15, 0.2) is 24.3 Å². The Hall–Kier alpha value is -1.55. The van der Waals surface area contributed by atoms with E-state index < -0.39 is 12.1 Å². The highest BCUT2D eigenvalue weighted by Crippen LogP contribution is 2.16. The predicted octanol–water partition coefficient (Wildman–Crippen LogP) is 2.02. The number of amides is 1. The van der Waals surface area contributed by atoms with Crippen LogP contribution >= 0.6 is 11.6 Å². The van der Waals surface area contributed by atoms with Crippen LogP contribution in [0.3, 0.4) is 0 Å². The van der Waals surface area contributed by atoms with Gasteiger partial charge in [0.2, 0.25) is 0 Å². The van der Waals surface area contributed by atoms with Crippen molar-refractivity contribution in [3.05, 3.63) is 29.3 Å². The van der Waals surface area contributed by atoms with Crippen LogP contribution in [0.4, 0.5) is 4.79 Å². The third kappa shape index (κ3) is 3.99. The Labute approximate surface area is 92.2 Å². The third-order valence-corrected chi connectivity index (χ3v) is 1.79. The predicted molar refractivity (Wildman–Crippen MR) is 56.1 cm³/mol. The van der Waals surface area contributed by atoms with Crippen LogP contribution < -0.4 is 10.1 Å². The molecule has 0 aliphatic rings. The van der Waals surface area contributed by atoms with Gasteiger partial charge in [0.1, 0.15) is 12.0 Å². The van der Waals surface area contributed by atoms with Crippen molar-refractivity contribution in [3.63, 3.8) is 0 Å². The Bertz CT molecular complexity index is 367. The summed E-state index contributed by atoms with van der Waals surface area (Å²) in [6.45, 7) is 1.55. The number of ether oxygens (including phenoxy) is 1. The van der Waals surface area contributed by atoms with Crippen LogP contribution in [0.5, 0.6) is 5.75 Å². The molecule has 15 heavy (non-hydrogen) atoms. The average Bonchev–Trinajstić information content (AvgIpc) is 2.17. The van der Waals surface area contributed by atoms with Crippen molar-refractivity contribution in [2.45, 2.75) is 13.0 Å². The number of halogens is 1. The molecule has 0 bridgehead atoms. The molecule has 0 radical (unpaired) electrons. The van der Waals surface area contributed by atoms with Crippen LogP contribution in [-0.4, -0.2) is 18.4 Å². The van der Waals surface area contributed by atoms with Crippen molar-refractivity contribution in [3.8, 4) is 5.75 Å². The molecular formula is C10H10ClNO3. The average molecular weight is 228 g/mol. The fourth-order valence-corrected chi connectivity index (χ4v) is 1.07. The lowest BCUT2D eigenvalue weighted by molar-refractivity contribution is -0.109. The Morgan fingerprint density at radius 2 is 2.33 bits per heavy atom. The number of hydrogen-bond acceptors (Lipinski definition) is 3. The van der Waals surface area contributed by atoms with Crippen LogP contribution in [0.1, 0.15) is 6.92 Å². The van der Waals surface area contributed by atoms with Gasteiger partial charge < -0.3 is 14.8 Å². The number of benzene rings is 1. The van der Waals surface area contributed by atoms with E-state index in [9.17, 15) is 9.59 Å². The first kappa shape index (κ1) is 11.5. The van der Waals surface area contributed by atoms with E-state index in [2.05, 4.69) is 5.32 Å². The molecule has 0 aromatic heterocycles. The zero-order valence-corrected chi connectivity index (χ0v) is 8.82. The summed E-state index contributed by atoms with van der Waals surface area (Å²) in [6.07, 6.45) is -0.0731. The molecule has 1 aromatic carbocycles. The highest BCUT2D eigenvalue weighted by Gasteiger charge is 2.07. The second-order valence-corrected chi connectivity index (χ2v) is 3.35. The summed E-state index contributed by atoms with van der Waals surface area (Å²) < 4.78 is 4.87. The zero-order chi connectivity index (χ0) is 11.3. The van der Waals surface area contributed by atoms with Gasteiger partial charge in [-0.1, -0.05) is 17.7 Å². The smallest absolute Gasteiger partial charge is 0.410 e. The van der Waals surface area contributed by atoms with Gasteiger partial charge in [-0.25, -0.2) is 4.79 Å². The standard InChI is InChI=1S/C10H10ClNO3/c1-7(6-13)12-10(14)15-9-4-2-3-8(11)5-9/h2-7H,1H3,(H,12,14)/t7-/m0/s1. The highest BCUT2D eigenvalue weighted by molar-refractivity contribution is 6.30.